The molecular formula is C2H2Cl2N-. The zero-order valence-corrected chi connectivity index (χ0v) is 3.92. The number of nitrogens with zero attached hydrogens (tertiary/aromatic N) is 1. The van der Waals surface area contributed by atoms with Gasteiger partial charge >= 0.3 is 0 Å². The van der Waals surface area contributed by atoms with E-state index < -0.39 is 0 Å². The molecule has 0 aromatic carbocycles. The highest BCUT2D eigenvalue weighted by atomic mass is 35.5. The van der Waals surface area contributed by atoms with Crippen molar-refractivity contribution in [1.82, 2.24) is 0 Å². The molecular weight excluding hydrogens is 109 g/mol. The van der Waals surface area contributed by atoms with Gasteiger partial charge < -0.3 is 11.8 Å². The zero-order chi connectivity index (χ0) is 4.71. The van der Waals surface area contributed by atoms with Crippen molar-refractivity contribution in [1.29, 1.82) is 5.26 Å². The third kappa shape index (κ3) is 3560. The van der Waals surface area contributed by atoms with Gasteiger partial charge in [-0.15, -0.1) is 23.2 Å². The van der Waals surface area contributed by atoms with Gasteiger partial charge in [-0.1, -0.05) is 0 Å². The third-order valence-corrected chi connectivity index (χ3v) is 0. The van der Waals surface area contributed by atoms with E-state index in [0.29, 0.717) is 0 Å². The largest absolute Gasteiger partial charge is 0.512 e. The van der Waals surface area contributed by atoms with Crippen molar-refractivity contribution in [2.24, 2.45) is 0 Å². The number of hydrogen-bond acceptors (Lipinski definition) is 1. The molecule has 0 saturated carbocycles. The van der Waals surface area contributed by atoms with E-state index in [-0.39, 0.29) is 5.34 Å². The Bertz CT molecular complexity index is 18.9. The molecule has 1 nitrogen and oxygen atoms in total. The van der Waals surface area contributed by atoms with E-state index in [2.05, 4.69) is 0 Å². The van der Waals surface area contributed by atoms with Crippen LogP contribution in [-0.2, 0) is 0 Å². The molecule has 3 heteroatoms. The number of alkyl halides is 2. The monoisotopic (exact) mass is 110 g/mol. The van der Waals surface area contributed by atoms with Crippen molar-refractivity contribution in [3.8, 4) is 0 Å². The van der Waals surface area contributed by atoms with Gasteiger partial charge in [0, 0.05) is 0 Å². The fourth-order valence-corrected chi connectivity index (χ4v) is 0. The standard InChI is InChI=1S/CH2Cl2.CN/c2-1-3;1-2/h1H2;/q;-1. The van der Waals surface area contributed by atoms with Crippen LogP contribution in [-0.4, -0.2) is 5.34 Å². The average molecular weight is 111 g/mol. The van der Waals surface area contributed by atoms with Gasteiger partial charge in [0.15, 0.2) is 0 Å². The van der Waals surface area contributed by atoms with Gasteiger partial charge in [-0.2, -0.15) is 0 Å². The summed E-state index contributed by atoms with van der Waals surface area (Å²) >= 11 is 9.53. The first-order valence-corrected chi connectivity index (χ1v) is 1.83. The van der Waals surface area contributed by atoms with Crippen LogP contribution in [0, 0.1) is 11.8 Å². The van der Waals surface area contributed by atoms with Gasteiger partial charge in [-0.05, 0) is 0 Å². The Balaban J connectivity index is 0. The summed E-state index contributed by atoms with van der Waals surface area (Å²) in [4.78, 5) is 0. The Morgan fingerprint density at radius 3 is 1.40 bits per heavy atom. The quantitative estimate of drug-likeness (QED) is 0.343. The Morgan fingerprint density at radius 2 is 1.40 bits per heavy atom. The van der Waals surface area contributed by atoms with E-state index in [1.807, 2.05) is 0 Å². The van der Waals surface area contributed by atoms with Crippen LogP contribution in [0.15, 0.2) is 0 Å². The SMILES string of the molecule is ClCCl.[C-]#N. The summed E-state index contributed by atoms with van der Waals surface area (Å²) in [5, 5.41) is 6.44. The van der Waals surface area contributed by atoms with E-state index in [1.165, 1.54) is 0 Å². The van der Waals surface area contributed by atoms with E-state index in [1.54, 1.807) is 0 Å². The van der Waals surface area contributed by atoms with Gasteiger partial charge in [0.25, 0.3) is 0 Å². The molecule has 0 aromatic rings. The molecule has 0 rings (SSSR count). The molecule has 0 heterocycles. The molecule has 0 aliphatic carbocycles. The van der Waals surface area contributed by atoms with Crippen LogP contribution >= 0.6 is 23.2 Å². The topological polar surface area (TPSA) is 23.8 Å². The normalized spacial score (nSPS) is 4.00. The van der Waals surface area contributed by atoms with Gasteiger partial charge in [0.2, 0.25) is 0 Å². The van der Waals surface area contributed by atoms with Gasteiger partial charge in [-0.25, -0.2) is 0 Å². The minimum absolute atomic E-state index is 0.194. The van der Waals surface area contributed by atoms with Crippen LogP contribution in [0.2, 0.25) is 0 Å². The van der Waals surface area contributed by atoms with Crippen LogP contribution < -0.4 is 0 Å². The second kappa shape index (κ2) is 33.5. The molecule has 0 radical (unpaired) electrons. The lowest BCUT2D eigenvalue weighted by Gasteiger charge is -1.42. The molecule has 0 unspecified atom stereocenters. The van der Waals surface area contributed by atoms with Gasteiger partial charge in [0.1, 0.15) is 0 Å². The van der Waals surface area contributed by atoms with Crippen molar-refractivity contribution < 1.29 is 0 Å². The Morgan fingerprint density at radius 1 is 1.40 bits per heavy atom. The first kappa shape index (κ1) is 8.91. The lowest BCUT2D eigenvalue weighted by atomic mass is 11.9. The van der Waals surface area contributed by atoms with Crippen LogP contribution in [0.25, 0.3) is 0 Å². The van der Waals surface area contributed by atoms with E-state index in [0.717, 1.165) is 0 Å². The highest BCUT2D eigenvalue weighted by Gasteiger charge is 1.41. The van der Waals surface area contributed by atoms with Crippen molar-refractivity contribution in [3.05, 3.63) is 6.57 Å². The molecule has 30 valence electrons. The highest BCUT2D eigenvalue weighted by Crippen LogP contribution is 1.73. The van der Waals surface area contributed by atoms with Gasteiger partial charge in [-0.3, -0.25) is 0 Å². The number of halogens is 2. The summed E-state index contributed by atoms with van der Waals surface area (Å²) in [7, 11) is 0. The average Bonchev–Trinajstić information content (AvgIpc) is 1.46. The van der Waals surface area contributed by atoms with Crippen LogP contribution in [0.1, 0.15) is 0 Å². The molecule has 5 heavy (non-hydrogen) atoms. The number of hydrogen-bond donors (Lipinski definition) is 0. The first-order chi connectivity index (χ1) is 2.41. The van der Waals surface area contributed by atoms with Crippen LogP contribution in [0.5, 0.6) is 0 Å². The maximum atomic E-state index is 6.25. The van der Waals surface area contributed by atoms with Crippen molar-refractivity contribution in [2.75, 3.05) is 5.34 Å². The summed E-state index contributed by atoms with van der Waals surface area (Å²) in [6.07, 6.45) is 0. The molecule has 0 bridgehead atoms. The van der Waals surface area contributed by atoms with Crippen LogP contribution in [0.3, 0.4) is 0 Å². The van der Waals surface area contributed by atoms with Crippen molar-refractivity contribution in [2.45, 2.75) is 0 Å². The molecule has 0 atom stereocenters. The zero-order valence-electron chi connectivity index (χ0n) is 2.41. The fraction of sp³-hybridized carbons (Fsp3) is 0.500. The minimum Gasteiger partial charge on any atom is -0.512 e. The third-order valence-electron chi connectivity index (χ3n) is 0. The Kier molecular flexibility index (Phi) is 59.7. The summed E-state index contributed by atoms with van der Waals surface area (Å²) in [5.74, 6) is 0. The Labute approximate surface area is 41.1 Å². The molecule has 0 aliphatic rings. The summed E-state index contributed by atoms with van der Waals surface area (Å²) in [5.41, 5.74) is 0. The molecule has 0 fully saturated rings. The van der Waals surface area contributed by atoms with E-state index in [9.17, 15) is 0 Å². The molecule has 0 amide bonds. The second-order valence-electron chi connectivity index (χ2n) is 0.101. The predicted octanol–water partition coefficient (Wildman–Crippen LogP) is 1.52. The van der Waals surface area contributed by atoms with E-state index >= 15 is 0 Å². The minimum atomic E-state index is 0.194. The molecule has 0 aromatic heterocycles. The van der Waals surface area contributed by atoms with E-state index in [4.69, 9.17) is 35.0 Å². The first-order valence-electron chi connectivity index (χ1n) is 0.758. The fourth-order valence-electron chi connectivity index (χ4n) is 0. The number of rotatable bonds is 0. The van der Waals surface area contributed by atoms with Crippen LogP contribution in [0.4, 0.5) is 0 Å². The molecule has 0 saturated heterocycles. The van der Waals surface area contributed by atoms with Gasteiger partial charge in [0.05, 0.1) is 5.34 Å². The lowest BCUT2D eigenvalue weighted by Crippen LogP contribution is -1.24. The smallest absolute Gasteiger partial charge is 0.0967 e. The summed E-state index contributed by atoms with van der Waals surface area (Å²) in [6.45, 7) is 4.75. The van der Waals surface area contributed by atoms with Crippen molar-refractivity contribution >= 4 is 23.2 Å². The second-order valence-corrected chi connectivity index (χ2v) is 0.909. The predicted molar refractivity (Wildman–Crippen MR) is 21.5 cm³/mol. The highest BCUT2D eigenvalue weighted by molar-refractivity contribution is 6.40. The summed E-state index contributed by atoms with van der Waals surface area (Å²) in [6, 6.07) is 0. The summed E-state index contributed by atoms with van der Waals surface area (Å²) < 4.78 is 0. The lowest BCUT2D eigenvalue weighted by molar-refractivity contribution is 1.53. The van der Waals surface area contributed by atoms with Crippen molar-refractivity contribution in [3.63, 3.8) is 0 Å². The molecule has 0 N–H and O–H groups in total. The maximum Gasteiger partial charge on any atom is 0.0967 e. The maximum absolute atomic E-state index is 6.25. The molecule has 0 aliphatic heterocycles. The molecule has 0 spiro atoms. The Hall–Kier alpha value is 0.0700.